The van der Waals surface area contributed by atoms with Crippen LogP contribution in [0.25, 0.3) is 0 Å². The third kappa shape index (κ3) is 5.96. The number of nitrogens with two attached hydrogens (primary N) is 1. The highest BCUT2D eigenvalue weighted by molar-refractivity contribution is 14.0. The molecule has 4 N–H and O–H groups in total. The predicted molar refractivity (Wildman–Crippen MR) is 121 cm³/mol. The summed E-state index contributed by atoms with van der Waals surface area (Å²) in [5.74, 6) is 0.946. The number of aliphatic imine (C=N–C) groups is 1. The van der Waals surface area contributed by atoms with E-state index in [-0.39, 0.29) is 29.7 Å². The van der Waals surface area contributed by atoms with Crippen molar-refractivity contribution in [3.63, 3.8) is 0 Å². The smallest absolute Gasteiger partial charge is 0.284 e. The highest BCUT2D eigenvalue weighted by atomic mass is 127. The molecule has 1 aliphatic rings. The van der Waals surface area contributed by atoms with Gasteiger partial charge in [0.2, 0.25) is 0 Å². The van der Waals surface area contributed by atoms with Crippen LogP contribution in [0.2, 0.25) is 0 Å². The van der Waals surface area contributed by atoms with Gasteiger partial charge in [-0.05, 0) is 31.0 Å². The highest BCUT2D eigenvalue weighted by Gasteiger charge is 2.29. The van der Waals surface area contributed by atoms with E-state index in [0.29, 0.717) is 30.3 Å². The van der Waals surface area contributed by atoms with E-state index in [1.165, 1.54) is 5.56 Å². The van der Waals surface area contributed by atoms with Crippen LogP contribution in [0, 0.1) is 0 Å². The number of carbonyl (C=O) groups is 1. The van der Waals surface area contributed by atoms with Crippen molar-refractivity contribution in [1.82, 2.24) is 15.5 Å². The Labute approximate surface area is 182 Å². The van der Waals surface area contributed by atoms with Crippen LogP contribution in [0.15, 0.2) is 51.9 Å². The number of rotatable bonds is 6. The molecule has 0 bridgehead atoms. The molecule has 28 heavy (non-hydrogen) atoms. The number of carbonyl (C=O) groups excluding carboxylic acids is 1. The molecule has 2 atom stereocenters. The van der Waals surface area contributed by atoms with Gasteiger partial charge in [-0.3, -0.25) is 14.7 Å². The van der Waals surface area contributed by atoms with Gasteiger partial charge in [-0.2, -0.15) is 0 Å². The number of halogens is 1. The van der Waals surface area contributed by atoms with Gasteiger partial charge in [-0.1, -0.05) is 30.3 Å². The minimum atomic E-state index is -0.567. The van der Waals surface area contributed by atoms with Crippen molar-refractivity contribution in [3.05, 3.63) is 59.5 Å². The normalized spacial score (nSPS) is 19.9. The van der Waals surface area contributed by atoms with Crippen LogP contribution in [-0.4, -0.2) is 42.4 Å². The number of benzene rings is 1. The molecule has 1 amide bonds. The number of hydrogen-bond acceptors (Lipinski definition) is 4. The van der Waals surface area contributed by atoms with Crippen molar-refractivity contribution in [3.8, 4) is 0 Å². The first-order chi connectivity index (χ1) is 13.0. The lowest BCUT2D eigenvalue weighted by atomic mass is 10.2. The summed E-state index contributed by atoms with van der Waals surface area (Å²) in [7, 11) is 1.74. The molecular formula is C20H28IN5O2. The van der Waals surface area contributed by atoms with E-state index in [1.54, 1.807) is 19.2 Å². The predicted octanol–water partition coefficient (Wildman–Crippen LogP) is 2.32. The topological polar surface area (TPSA) is 95.9 Å². The molecule has 0 aliphatic carbocycles. The van der Waals surface area contributed by atoms with Gasteiger partial charge >= 0.3 is 0 Å². The summed E-state index contributed by atoms with van der Waals surface area (Å²) in [5.41, 5.74) is 6.53. The van der Waals surface area contributed by atoms with Crippen molar-refractivity contribution < 1.29 is 9.21 Å². The Kier molecular flexibility index (Phi) is 8.31. The zero-order valence-electron chi connectivity index (χ0n) is 16.2. The highest BCUT2D eigenvalue weighted by Crippen LogP contribution is 2.20. The van der Waals surface area contributed by atoms with Gasteiger partial charge in [-0.15, -0.1) is 24.0 Å². The lowest BCUT2D eigenvalue weighted by Crippen LogP contribution is -2.44. The number of amides is 1. The Hall–Kier alpha value is -2.07. The zero-order chi connectivity index (χ0) is 19.2. The van der Waals surface area contributed by atoms with Crippen LogP contribution < -0.4 is 16.4 Å². The molecule has 1 aromatic heterocycles. The first kappa shape index (κ1) is 22.2. The molecule has 2 unspecified atom stereocenters. The summed E-state index contributed by atoms with van der Waals surface area (Å²) >= 11 is 0. The van der Waals surface area contributed by atoms with Gasteiger partial charge in [0.05, 0.1) is 6.54 Å². The molecular weight excluding hydrogens is 469 g/mol. The summed E-state index contributed by atoms with van der Waals surface area (Å²) in [5, 5.41) is 6.69. The molecule has 1 saturated heterocycles. The van der Waals surface area contributed by atoms with E-state index < -0.39 is 5.91 Å². The number of guanidine groups is 1. The average molecular weight is 497 g/mol. The molecule has 0 saturated carbocycles. The van der Waals surface area contributed by atoms with E-state index >= 15 is 0 Å². The summed E-state index contributed by atoms with van der Waals surface area (Å²) < 4.78 is 5.38. The largest absolute Gasteiger partial charge is 0.454 e. The molecule has 1 aromatic carbocycles. The summed E-state index contributed by atoms with van der Waals surface area (Å²) in [4.78, 5) is 17.9. The number of primary amides is 1. The Morgan fingerprint density at radius 2 is 2.04 bits per heavy atom. The van der Waals surface area contributed by atoms with Gasteiger partial charge < -0.3 is 20.8 Å². The van der Waals surface area contributed by atoms with E-state index in [9.17, 15) is 4.79 Å². The second kappa shape index (κ2) is 10.5. The van der Waals surface area contributed by atoms with Crippen LogP contribution in [-0.2, 0) is 13.1 Å². The molecule has 3 rings (SSSR count). The van der Waals surface area contributed by atoms with E-state index in [2.05, 4.69) is 51.7 Å². The summed E-state index contributed by atoms with van der Waals surface area (Å²) in [6.07, 6.45) is 1.06. The van der Waals surface area contributed by atoms with Crippen LogP contribution >= 0.6 is 24.0 Å². The Morgan fingerprint density at radius 1 is 1.29 bits per heavy atom. The van der Waals surface area contributed by atoms with Crippen LogP contribution in [0.4, 0.5) is 0 Å². The first-order valence-corrected chi connectivity index (χ1v) is 9.19. The maximum absolute atomic E-state index is 11.1. The van der Waals surface area contributed by atoms with Crippen LogP contribution in [0.3, 0.4) is 0 Å². The van der Waals surface area contributed by atoms with Crippen molar-refractivity contribution in [2.24, 2.45) is 10.7 Å². The second-order valence-electron chi connectivity index (χ2n) is 6.90. The van der Waals surface area contributed by atoms with Gasteiger partial charge in [0, 0.05) is 32.2 Å². The van der Waals surface area contributed by atoms with Crippen molar-refractivity contribution in [2.45, 2.75) is 38.5 Å². The van der Waals surface area contributed by atoms with Crippen LogP contribution in [0.1, 0.15) is 35.2 Å². The quantitative estimate of drug-likeness (QED) is 0.324. The lowest BCUT2D eigenvalue weighted by molar-refractivity contribution is 0.0972. The van der Waals surface area contributed by atoms with E-state index in [4.69, 9.17) is 10.2 Å². The number of nitrogens with one attached hydrogen (secondary N) is 2. The first-order valence-electron chi connectivity index (χ1n) is 9.19. The second-order valence-corrected chi connectivity index (χ2v) is 6.90. The molecule has 1 fully saturated rings. The van der Waals surface area contributed by atoms with E-state index in [0.717, 1.165) is 19.5 Å². The molecule has 0 spiro atoms. The van der Waals surface area contributed by atoms with Gasteiger partial charge in [0.15, 0.2) is 11.7 Å². The molecule has 152 valence electrons. The monoisotopic (exact) mass is 497 g/mol. The minimum absolute atomic E-state index is 0. The molecule has 7 nitrogen and oxygen atoms in total. The number of nitrogens with zero attached hydrogens (tertiary/aromatic N) is 2. The number of furan rings is 1. The third-order valence-electron chi connectivity index (χ3n) is 4.83. The van der Waals surface area contributed by atoms with Crippen LogP contribution in [0.5, 0.6) is 0 Å². The molecule has 8 heteroatoms. The average Bonchev–Trinajstić information content (AvgIpc) is 3.27. The molecule has 2 heterocycles. The Morgan fingerprint density at radius 3 is 2.68 bits per heavy atom. The fraction of sp³-hybridized carbons (Fsp3) is 0.400. The maximum Gasteiger partial charge on any atom is 0.284 e. The van der Waals surface area contributed by atoms with Gasteiger partial charge in [-0.25, -0.2) is 0 Å². The lowest BCUT2D eigenvalue weighted by Gasteiger charge is -2.21. The van der Waals surface area contributed by atoms with Gasteiger partial charge in [0.1, 0.15) is 5.76 Å². The molecule has 1 aliphatic heterocycles. The van der Waals surface area contributed by atoms with Crippen molar-refractivity contribution >= 4 is 35.8 Å². The minimum Gasteiger partial charge on any atom is -0.454 e. The van der Waals surface area contributed by atoms with Crippen molar-refractivity contribution in [1.29, 1.82) is 0 Å². The fourth-order valence-corrected chi connectivity index (χ4v) is 3.41. The standard InChI is InChI=1S/C20H27N5O2.HI/c1-14-10-16(13-25(14)12-15-6-4-3-5-7-15)24-20(22-2)23-11-17-8-9-18(27-17)19(21)26;/h3-9,14,16H,10-13H2,1-2H3,(H2,21,26)(H2,22,23,24);1H. The summed E-state index contributed by atoms with van der Waals surface area (Å²) in [6, 6.07) is 14.7. The molecule has 2 aromatic rings. The Balaban J connectivity index is 0.00000280. The van der Waals surface area contributed by atoms with Crippen molar-refractivity contribution in [2.75, 3.05) is 13.6 Å². The Bertz CT molecular complexity index is 793. The third-order valence-corrected chi connectivity index (χ3v) is 4.83. The SMILES string of the molecule is CN=C(NCc1ccc(C(N)=O)o1)NC1CC(C)N(Cc2ccccc2)C1.I. The zero-order valence-corrected chi connectivity index (χ0v) is 18.6. The summed E-state index contributed by atoms with van der Waals surface area (Å²) in [6.45, 7) is 4.61. The maximum atomic E-state index is 11.1. The fourth-order valence-electron chi connectivity index (χ4n) is 3.41. The van der Waals surface area contributed by atoms with Gasteiger partial charge in [0.25, 0.3) is 5.91 Å². The molecule has 0 radical (unpaired) electrons. The number of hydrogen-bond donors (Lipinski definition) is 3. The number of likely N-dealkylation sites (tertiary alicyclic amines) is 1. The van der Waals surface area contributed by atoms with E-state index in [1.807, 2.05) is 6.07 Å².